The molecule has 1 fully saturated rings. The van der Waals surface area contributed by atoms with Gasteiger partial charge in [-0.2, -0.15) is 0 Å². The number of rotatable bonds is 4. The molecule has 0 aliphatic heterocycles. The molecule has 0 N–H and O–H groups in total. The summed E-state index contributed by atoms with van der Waals surface area (Å²) < 4.78 is 33.1. The van der Waals surface area contributed by atoms with Gasteiger partial charge in [0.1, 0.15) is 6.61 Å². The first-order valence-electron chi connectivity index (χ1n) is 4.61. The molecule has 1 rings (SSSR count). The monoisotopic (exact) mass is 208 g/mol. The van der Waals surface area contributed by atoms with Gasteiger partial charge in [-0.3, -0.25) is 4.79 Å². The minimum Gasteiger partial charge on any atom is -0.469 e. The standard InChI is InChI=1S/C9H14F2O3/c1-13-9(12)6-2-3-7(4-6)14-5-8(10)11/h6-8H,2-5H2,1H3/t6?,7-/m1/s1. The van der Waals surface area contributed by atoms with Crippen LogP contribution in [0.25, 0.3) is 0 Å². The maximum atomic E-state index is 11.8. The van der Waals surface area contributed by atoms with Gasteiger partial charge in [0.05, 0.1) is 19.1 Å². The molecule has 0 heterocycles. The summed E-state index contributed by atoms with van der Waals surface area (Å²) in [5.41, 5.74) is 0. The van der Waals surface area contributed by atoms with E-state index >= 15 is 0 Å². The van der Waals surface area contributed by atoms with Crippen LogP contribution in [0.5, 0.6) is 0 Å². The fourth-order valence-corrected chi connectivity index (χ4v) is 1.68. The summed E-state index contributed by atoms with van der Waals surface area (Å²) in [5.74, 6) is -0.448. The second-order valence-corrected chi connectivity index (χ2v) is 3.38. The summed E-state index contributed by atoms with van der Waals surface area (Å²) in [7, 11) is 1.33. The molecular formula is C9H14F2O3. The lowest BCUT2D eigenvalue weighted by Gasteiger charge is -2.11. The highest BCUT2D eigenvalue weighted by Crippen LogP contribution is 2.28. The number of hydrogen-bond donors (Lipinski definition) is 0. The Hall–Kier alpha value is -0.710. The number of carbonyl (C=O) groups excluding carboxylic acids is 1. The van der Waals surface area contributed by atoms with E-state index in [0.717, 1.165) is 0 Å². The first-order valence-corrected chi connectivity index (χ1v) is 4.61. The van der Waals surface area contributed by atoms with Crippen LogP contribution >= 0.6 is 0 Å². The number of carbonyl (C=O) groups is 1. The molecule has 0 aromatic rings. The quantitative estimate of drug-likeness (QED) is 0.658. The summed E-state index contributed by atoms with van der Waals surface area (Å²) in [6.07, 6.45) is -0.827. The van der Waals surface area contributed by atoms with Gasteiger partial charge in [0.25, 0.3) is 6.43 Å². The molecule has 3 nitrogen and oxygen atoms in total. The predicted octanol–water partition coefficient (Wildman–Crippen LogP) is 1.61. The number of hydrogen-bond acceptors (Lipinski definition) is 3. The van der Waals surface area contributed by atoms with E-state index in [9.17, 15) is 13.6 Å². The van der Waals surface area contributed by atoms with Crippen LogP contribution in [0.15, 0.2) is 0 Å². The predicted molar refractivity (Wildman–Crippen MR) is 45.1 cm³/mol. The first kappa shape index (κ1) is 11.4. The number of methoxy groups -OCH3 is 1. The van der Waals surface area contributed by atoms with Crippen LogP contribution in [0.2, 0.25) is 0 Å². The fourth-order valence-electron chi connectivity index (χ4n) is 1.68. The van der Waals surface area contributed by atoms with Crippen LogP contribution < -0.4 is 0 Å². The normalized spacial score (nSPS) is 26.9. The zero-order valence-corrected chi connectivity index (χ0v) is 8.04. The summed E-state index contributed by atoms with van der Waals surface area (Å²) >= 11 is 0. The van der Waals surface area contributed by atoms with Gasteiger partial charge in [0, 0.05) is 0 Å². The molecule has 0 spiro atoms. The van der Waals surface area contributed by atoms with Crippen molar-refractivity contribution in [2.45, 2.75) is 31.8 Å². The van der Waals surface area contributed by atoms with Crippen LogP contribution in [0, 0.1) is 5.92 Å². The molecule has 5 heteroatoms. The van der Waals surface area contributed by atoms with Crippen LogP contribution in [-0.4, -0.2) is 32.2 Å². The van der Waals surface area contributed by atoms with Crippen molar-refractivity contribution in [1.29, 1.82) is 0 Å². The first-order chi connectivity index (χ1) is 6.63. The van der Waals surface area contributed by atoms with E-state index in [1.807, 2.05) is 0 Å². The third-order valence-electron chi connectivity index (χ3n) is 2.38. The van der Waals surface area contributed by atoms with E-state index in [1.54, 1.807) is 0 Å². The molecule has 0 aromatic heterocycles. The van der Waals surface area contributed by atoms with E-state index < -0.39 is 13.0 Å². The average molecular weight is 208 g/mol. The molecule has 1 saturated carbocycles. The highest BCUT2D eigenvalue weighted by atomic mass is 19.3. The smallest absolute Gasteiger partial charge is 0.308 e. The Labute approximate surface area is 81.4 Å². The topological polar surface area (TPSA) is 35.5 Å². The molecule has 14 heavy (non-hydrogen) atoms. The SMILES string of the molecule is COC(=O)C1CC[C@@H](OCC(F)F)C1. The zero-order chi connectivity index (χ0) is 10.6. The van der Waals surface area contributed by atoms with E-state index in [-0.39, 0.29) is 18.0 Å². The van der Waals surface area contributed by atoms with Gasteiger partial charge in [0.2, 0.25) is 0 Å². The van der Waals surface area contributed by atoms with Gasteiger partial charge < -0.3 is 9.47 Å². The summed E-state index contributed by atoms with van der Waals surface area (Å²) in [6.45, 7) is -0.543. The Bertz CT molecular complexity index is 196. The Morgan fingerprint density at radius 1 is 1.50 bits per heavy atom. The minimum absolute atomic E-state index is 0.178. The average Bonchev–Trinajstić information content (AvgIpc) is 2.62. The summed E-state index contributed by atoms with van der Waals surface area (Å²) in [4.78, 5) is 11.1. The van der Waals surface area contributed by atoms with E-state index in [2.05, 4.69) is 4.74 Å². The highest BCUT2D eigenvalue weighted by Gasteiger charge is 2.31. The summed E-state index contributed by atoms with van der Waals surface area (Å²) in [5, 5.41) is 0. The van der Waals surface area contributed by atoms with Crippen molar-refractivity contribution in [3.05, 3.63) is 0 Å². The fraction of sp³-hybridized carbons (Fsp3) is 0.889. The Kier molecular flexibility index (Phi) is 4.25. The van der Waals surface area contributed by atoms with Crippen molar-refractivity contribution in [1.82, 2.24) is 0 Å². The zero-order valence-electron chi connectivity index (χ0n) is 8.04. The third kappa shape index (κ3) is 3.21. The largest absolute Gasteiger partial charge is 0.469 e. The maximum Gasteiger partial charge on any atom is 0.308 e. The van der Waals surface area contributed by atoms with E-state index in [0.29, 0.717) is 19.3 Å². The Morgan fingerprint density at radius 2 is 2.21 bits per heavy atom. The molecule has 0 amide bonds. The van der Waals surface area contributed by atoms with Crippen molar-refractivity contribution in [3.8, 4) is 0 Å². The molecule has 1 aliphatic rings. The van der Waals surface area contributed by atoms with E-state index in [4.69, 9.17) is 4.74 Å². The highest BCUT2D eigenvalue weighted by molar-refractivity contribution is 5.72. The van der Waals surface area contributed by atoms with Gasteiger partial charge in [-0.1, -0.05) is 0 Å². The second kappa shape index (κ2) is 5.24. The number of alkyl halides is 2. The molecule has 0 bridgehead atoms. The van der Waals surface area contributed by atoms with Crippen LogP contribution in [0.3, 0.4) is 0 Å². The molecule has 2 atom stereocenters. The van der Waals surface area contributed by atoms with Gasteiger partial charge >= 0.3 is 5.97 Å². The van der Waals surface area contributed by atoms with Gasteiger partial charge in [-0.05, 0) is 19.3 Å². The van der Waals surface area contributed by atoms with E-state index in [1.165, 1.54) is 7.11 Å². The molecule has 0 saturated heterocycles. The van der Waals surface area contributed by atoms with Crippen molar-refractivity contribution < 1.29 is 23.0 Å². The van der Waals surface area contributed by atoms with Crippen molar-refractivity contribution >= 4 is 5.97 Å². The molecule has 1 unspecified atom stereocenters. The van der Waals surface area contributed by atoms with Gasteiger partial charge in [-0.15, -0.1) is 0 Å². The maximum absolute atomic E-state index is 11.8. The molecule has 0 aromatic carbocycles. The van der Waals surface area contributed by atoms with Crippen molar-refractivity contribution in [2.24, 2.45) is 5.92 Å². The lowest BCUT2D eigenvalue weighted by molar-refractivity contribution is -0.145. The third-order valence-corrected chi connectivity index (χ3v) is 2.38. The molecule has 82 valence electrons. The molecular weight excluding hydrogens is 194 g/mol. The minimum atomic E-state index is -2.44. The molecule has 0 radical (unpaired) electrons. The lowest BCUT2D eigenvalue weighted by Crippen LogP contribution is -2.17. The number of esters is 1. The Balaban J connectivity index is 2.23. The van der Waals surface area contributed by atoms with Gasteiger partial charge in [0.15, 0.2) is 0 Å². The van der Waals surface area contributed by atoms with Crippen LogP contribution in [0.4, 0.5) is 8.78 Å². The molecule has 1 aliphatic carbocycles. The van der Waals surface area contributed by atoms with Crippen LogP contribution in [0.1, 0.15) is 19.3 Å². The van der Waals surface area contributed by atoms with Crippen LogP contribution in [-0.2, 0) is 14.3 Å². The number of halogens is 2. The summed E-state index contributed by atoms with van der Waals surface area (Å²) in [6, 6.07) is 0. The lowest BCUT2D eigenvalue weighted by atomic mass is 10.1. The van der Waals surface area contributed by atoms with Crippen molar-refractivity contribution in [2.75, 3.05) is 13.7 Å². The number of ether oxygens (including phenoxy) is 2. The van der Waals surface area contributed by atoms with Gasteiger partial charge in [-0.25, -0.2) is 8.78 Å². The van der Waals surface area contributed by atoms with Crippen molar-refractivity contribution in [3.63, 3.8) is 0 Å². The Morgan fingerprint density at radius 3 is 2.79 bits per heavy atom. The second-order valence-electron chi connectivity index (χ2n) is 3.38.